The van der Waals surface area contributed by atoms with Gasteiger partial charge in [0.2, 0.25) is 0 Å². The van der Waals surface area contributed by atoms with Crippen LogP contribution in [0.1, 0.15) is 11.1 Å². The summed E-state index contributed by atoms with van der Waals surface area (Å²) in [6.45, 7) is 5.80. The predicted octanol–water partition coefficient (Wildman–Crippen LogP) is 1.78. The van der Waals surface area contributed by atoms with Crippen molar-refractivity contribution in [1.29, 1.82) is 0 Å². The van der Waals surface area contributed by atoms with E-state index < -0.39 is 0 Å². The van der Waals surface area contributed by atoms with Crippen LogP contribution >= 0.6 is 0 Å². The van der Waals surface area contributed by atoms with Crippen molar-refractivity contribution in [2.24, 2.45) is 5.92 Å². The van der Waals surface area contributed by atoms with Crippen LogP contribution in [0.25, 0.3) is 0 Å². The fraction of sp³-hybridized carbons (Fsp3) is 0.571. The van der Waals surface area contributed by atoms with Crippen molar-refractivity contribution in [2.75, 3.05) is 33.4 Å². The molecule has 1 unspecified atom stereocenters. The highest BCUT2D eigenvalue weighted by molar-refractivity contribution is 5.36. The topological polar surface area (TPSA) is 30.5 Å². The number of hydrogen-bond acceptors (Lipinski definition) is 3. The number of benzene rings is 1. The molecule has 1 saturated heterocycles. The summed E-state index contributed by atoms with van der Waals surface area (Å²) in [4.78, 5) is 0. The molecular weight excluding hydrogens is 214 g/mol. The Labute approximate surface area is 103 Å². The summed E-state index contributed by atoms with van der Waals surface area (Å²) in [6, 6.07) is 6.41. The van der Waals surface area contributed by atoms with Crippen LogP contribution in [0.5, 0.6) is 5.75 Å². The maximum Gasteiger partial charge on any atom is 0.121 e. The average molecular weight is 235 g/mol. The molecule has 1 atom stereocenters. The molecule has 1 N–H and O–H groups in total. The fourth-order valence-electron chi connectivity index (χ4n) is 2.29. The van der Waals surface area contributed by atoms with Crippen LogP contribution in [0.15, 0.2) is 18.2 Å². The first-order valence-electron chi connectivity index (χ1n) is 6.21. The Hall–Kier alpha value is -1.06. The second-order valence-corrected chi connectivity index (χ2v) is 4.65. The molecule has 94 valence electrons. The van der Waals surface area contributed by atoms with Crippen LogP contribution in [-0.2, 0) is 11.2 Å². The Morgan fingerprint density at radius 3 is 3.12 bits per heavy atom. The van der Waals surface area contributed by atoms with Gasteiger partial charge < -0.3 is 14.8 Å². The summed E-state index contributed by atoms with van der Waals surface area (Å²) in [7, 11) is 1.71. The van der Waals surface area contributed by atoms with Crippen molar-refractivity contribution in [2.45, 2.75) is 13.3 Å². The van der Waals surface area contributed by atoms with E-state index in [4.69, 9.17) is 9.47 Å². The molecule has 3 heteroatoms. The van der Waals surface area contributed by atoms with Crippen molar-refractivity contribution in [3.63, 3.8) is 0 Å². The summed E-state index contributed by atoms with van der Waals surface area (Å²) >= 11 is 0. The molecule has 1 fully saturated rings. The molecule has 0 spiro atoms. The van der Waals surface area contributed by atoms with Crippen molar-refractivity contribution < 1.29 is 9.47 Å². The second kappa shape index (κ2) is 6.03. The third-order valence-corrected chi connectivity index (χ3v) is 3.19. The Balaban J connectivity index is 1.99. The van der Waals surface area contributed by atoms with Crippen LogP contribution in [-0.4, -0.2) is 33.4 Å². The summed E-state index contributed by atoms with van der Waals surface area (Å²) in [5.41, 5.74) is 2.56. The van der Waals surface area contributed by atoms with E-state index in [1.807, 2.05) is 0 Å². The molecule has 1 aliphatic rings. The molecule has 0 bridgehead atoms. The van der Waals surface area contributed by atoms with Gasteiger partial charge >= 0.3 is 0 Å². The SMILES string of the molecule is COc1ccc(CC2CNCCOC2)cc1C. The molecule has 1 aromatic rings. The normalized spacial score (nSPS) is 20.9. The number of ether oxygens (including phenoxy) is 2. The summed E-state index contributed by atoms with van der Waals surface area (Å²) in [5.74, 6) is 1.54. The molecule has 0 saturated carbocycles. The minimum atomic E-state index is 0.574. The lowest BCUT2D eigenvalue weighted by Crippen LogP contribution is -2.24. The minimum absolute atomic E-state index is 0.574. The van der Waals surface area contributed by atoms with E-state index in [1.54, 1.807) is 7.11 Å². The number of nitrogens with one attached hydrogen (secondary N) is 1. The van der Waals surface area contributed by atoms with Gasteiger partial charge in [0.15, 0.2) is 0 Å². The molecule has 0 radical (unpaired) electrons. The average Bonchev–Trinajstić information content (AvgIpc) is 2.58. The first-order valence-corrected chi connectivity index (χ1v) is 6.21. The van der Waals surface area contributed by atoms with E-state index in [0.717, 1.165) is 38.5 Å². The van der Waals surface area contributed by atoms with Gasteiger partial charge in [-0.3, -0.25) is 0 Å². The predicted molar refractivity (Wildman–Crippen MR) is 68.6 cm³/mol. The number of hydrogen-bond donors (Lipinski definition) is 1. The van der Waals surface area contributed by atoms with E-state index in [-0.39, 0.29) is 0 Å². The molecule has 2 rings (SSSR count). The van der Waals surface area contributed by atoms with Crippen LogP contribution < -0.4 is 10.1 Å². The fourth-order valence-corrected chi connectivity index (χ4v) is 2.29. The Kier molecular flexibility index (Phi) is 4.40. The Morgan fingerprint density at radius 1 is 1.47 bits per heavy atom. The zero-order valence-corrected chi connectivity index (χ0v) is 10.7. The van der Waals surface area contributed by atoms with Gasteiger partial charge in [-0.05, 0) is 36.5 Å². The molecular formula is C14H21NO2. The first kappa shape index (κ1) is 12.4. The monoisotopic (exact) mass is 235 g/mol. The molecule has 17 heavy (non-hydrogen) atoms. The zero-order valence-electron chi connectivity index (χ0n) is 10.7. The van der Waals surface area contributed by atoms with E-state index in [2.05, 4.69) is 30.4 Å². The van der Waals surface area contributed by atoms with Crippen molar-refractivity contribution in [3.8, 4) is 5.75 Å². The molecule has 0 aliphatic carbocycles. The first-order chi connectivity index (χ1) is 8.29. The highest BCUT2D eigenvalue weighted by Crippen LogP contribution is 2.20. The minimum Gasteiger partial charge on any atom is -0.496 e. The maximum atomic E-state index is 5.57. The van der Waals surface area contributed by atoms with Crippen LogP contribution in [0, 0.1) is 12.8 Å². The van der Waals surface area contributed by atoms with Gasteiger partial charge in [-0.2, -0.15) is 0 Å². The van der Waals surface area contributed by atoms with Crippen molar-refractivity contribution in [3.05, 3.63) is 29.3 Å². The summed E-state index contributed by atoms with van der Waals surface area (Å²) in [6.07, 6.45) is 1.07. The van der Waals surface area contributed by atoms with Gasteiger partial charge in [-0.15, -0.1) is 0 Å². The number of aryl methyl sites for hydroxylation is 1. The Bertz CT molecular complexity index is 357. The summed E-state index contributed by atoms with van der Waals surface area (Å²) in [5, 5.41) is 3.41. The molecule has 3 nitrogen and oxygen atoms in total. The van der Waals surface area contributed by atoms with Crippen LogP contribution in [0.3, 0.4) is 0 Å². The van der Waals surface area contributed by atoms with Crippen molar-refractivity contribution >= 4 is 0 Å². The smallest absolute Gasteiger partial charge is 0.121 e. The van der Waals surface area contributed by atoms with Crippen LogP contribution in [0.2, 0.25) is 0 Å². The standard InChI is InChI=1S/C14H21NO2/c1-11-7-12(3-4-14(11)16-2)8-13-9-15-5-6-17-10-13/h3-4,7,13,15H,5-6,8-10H2,1-2H3. The third kappa shape index (κ3) is 3.45. The second-order valence-electron chi connectivity index (χ2n) is 4.65. The van der Waals surface area contributed by atoms with Gasteiger partial charge in [0.1, 0.15) is 5.75 Å². The highest BCUT2D eigenvalue weighted by Gasteiger charge is 2.13. The Morgan fingerprint density at radius 2 is 2.35 bits per heavy atom. The van der Waals surface area contributed by atoms with E-state index in [9.17, 15) is 0 Å². The lowest BCUT2D eigenvalue weighted by atomic mass is 9.98. The van der Waals surface area contributed by atoms with E-state index >= 15 is 0 Å². The largest absolute Gasteiger partial charge is 0.496 e. The van der Waals surface area contributed by atoms with Crippen molar-refractivity contribution in [1.82, 2.24) is 5.32 Å². The quantitative estimate of drug-likeness (QED) is 0.866. The molecule has 0 amide bonds. The van der Waals surface area contributed by atoms with Gasteiger partial charge in [-0.25, -0.2) is 0 Å². The lowest BCUT2D eigenvalue weighted by molar-refractivity contribution is 0.123. The number of methoxy groups -OCH3 is 1. The molecule has 0 aromatic heterocycles. The van der Waals surface area contributed by atoms with Gasteiger partial charge in [0, 0.05) is 13.1 Å². The highest BCUT2D eigenvalue weighted by atomic mass is 16.5. The lowest BCUT2D eigenvalue weighted by Gasteiger charge is -2.14. The molecule has 1 heterocycles. The maximum absolute atomic E-state index is 5.57. The summed E-state index contributed by atoms with van der Waals surface area (Å²) < 4.78 is 10.8. The third-order valence-electron chi connectivity index (χ3n) is 3.19. The molecule has 1 aliphatic heterocycles. The number of rotatable bonds is 3. The zero-order chi connectivity index (χ0) is 12.1. The van der Waals surface area contributed by atoms with E-state index in [0.29, 0.717) is 5.92 Å². The molecule has 1 aromatic carbocycles. The van der Waals surface area contributed by atoms with Gasteiger partial charge in [0.05, 0.1) is 20.3 Å². The van der Waals surface area contributed by atoms with Crippen LogP contribution in [0.4, 0.5) is 0 Å². The van der Waals surface area contributed by atoms with E-state index in [1.165, 1.54) is 11.1 Å². The van der Waals surface area contributed by atoms with Gasteiger partial charge in [-0.1, -0.05) is 12.1 Å². The van der Waals surface area contributed by atoms with Gasteiger partial charge in [0.25, 0.3) is 0 Å².